The van der Waals surface area contributed by atoms with E-state index in [1.165, 1.54) is 0 Å². The third kappa shape index (κ3) is 1.36. The van der Waals surface area contributed by atoms with Crippen molar-refractivity contribution >= 4 is 5.69 Å². The minimum Gasteiger partial charge on any atom is -0.491 e. The molecule has 0 aliphatic carbocycles. The summed E-state index contributed by atoms with van der Waals surface area (Å²) >= 11 is 0. The molecule has 1 heterocycles. The van der Waals surface area contributed by atoms with Gasteiger partial charge in [-0.3, -0.25) is 0 Å². The normalized spacial score (nSPS) is 16.0. The number of ether oxygens (including phenoxy) is 2. The predicted octanol–water partition coefficient (Wildman–Crippen LogP) is 1.18. The minimum absolute atomic E-state index is 0.608. The van der Waals surface area contributed by atoms with E-state index in [0.717, 1.165) is 17.0 Å². The Morgan fingerprint density at radius 2 is 2.17 bits per heavy atom. The first kappa shape index (κ1) is 7.43. The molecule has 0 unspecified atom stereocenters. The van der Waals surface area contributed by atoms with Crippen molar-refractivity contribution in [3.8, 4) is 5.75 Å². The van der Waals surface area contributed by atoms with Crippen LogP contribution in [-0.4, -0.2) is 13.2 Å². The van der Waals surface area contributed by atoms with Gasteiger partial charge in [0.05, 0.1) is 13.2 Å². The Hall–Kier alpha value is -1.22. The molecule has 0 bridgehead atoms. The monoisotopic (exact) mass is 165 g/mol. The highest BCUT2D eigenvalue weighted by Crippen LogP contribution is 2.24. The summed E-state index contributed by atoms with van der Waals surface area (Å²) < 4.78 is 10.7. The zero-order chi connectivity index (χ0) is 8.39. The third-order valence-corrected chi connectivity index (χ3v) is 1.83. The van der Waals surface area contributed by atoms with Crippen LogP contribution in [0.1, 0.15) is 5.56 Å². The zero-order valence-corrected chi connectivity index (χ0v) is 6.75. The van der Waals surface area contributed by atoms with E-state index >= 15 is 0 Å². The molecule has 0 atom stereocenters. The Balaban J connectivity index is 2.36. The summed E-state index contributed by atoms with van der Waals surface area (Å²) in [6.07, 6.45) is 0. The van der Waals surface area contributed by atoms with Crippen molar-refractivity contribution in [1.82, 2.24) is 0 Å². The van der Waals surface area contributed by atoms with Crippen molar-refractivity contribution in [3.05, 3.63) is 23.8 Å². The fourth-order valence-electron chi connectivity index (χ4n) is 1.22. The Morgan fingerprint density at radius 1 is 1.25 bits per heavy atom. The van der Waals surface area contributed by atoms with E-state index < -0.39 is 0 Å². The van der Waals surface area contributed by atoms with Gasteiger partial charge >= 0.3 is 0 Å². The minimum atomic E-state index is 0.608. The quantitative estimate of drug-likeness (QED) is 0.587. The molecule has 3 heteroatoms. The molecule has 0 saturated heterocycles. The molecular weight excluding hydrogens is 154 g/mol. The van der Waals surface area contributed by atoms with Gasteiger partial charge in [0.15, 0.2) is 0 Å². The summed E-state index contributed by atoms with van der Waals surface area (Å²) in [5.41, 5.74) is 7.42. The molecule has 1 aromatic carbocycles. The van der Waals surface area contributed by atoms with Gasteiger partial charge in [-0.15, -0.1) is 0 Å². The Bertz CT molecular complexity index is 286. The van der Waals surface area contributed by atoms with E-state index in [2.05, 4.69) is 0 Å². The molecule has 0 radical (unpaired) electrons. The van der Waals surface area contributed by atoms with Crippen molar-refractivity contribution in [3.63, 3.8) is 0 Å². The molecule has 1 aromatic rings. The number of benzene rings is 1. The molecule has 0 amide bonds. The van der Waals surface area contributed by atoms with Crippen LogP contribution in [-0.2, 0) is 11.3 Å². The number of anilines is 1. The van der Waals surface area contributed by atoms with Crippen LogP contribution in [0.25, 0.3) is 0 Å². The second kappa shape index (κ2) is 3.03. The average Bonchev–Trinajstić information content (AvgIpc) is 2.28. The van der Waals surface area contributed by atoms with Gasteiger partial charge in [-0.25, -0.2) is 0 Å². The van der Waals surface area contributed by atoms with Crippen molar-refractivity contribution in [1.29, 1.82) is 0 Å². The Kier molecular flexibility index (Phi) is 1.87. The first-order chi connectivity index (χ1) is 5.86. The van der Waals surface area contributed by atoms with Crippen molar-refractivity contribution < 1.29 is 9.47 Å². The maximum atomic E-state index is 5.61. The summed E-state index contributed by atoms with van der Waals surface area (Å²) in [6.45, 7) is 1.88. The van der Waals surface area contributed by atoms with Gasteiger partial charge in [0.1, 0.15) is 12.4 Å². The lowest BCUT2D eigenvalue weighted by Gasteiger charge is -2.05. The van der Waals surface area contributed by atoms with Crippen molar-refractivity contribution in [2.75, 3.05) is 18.9 Å². The lowest BCUT2D eigenvalue weighted by molar-refractivity contribution is 0.107. The lowest BCUT2D eigenvalue weighted by atomic mass is 10.2. The van der Waals surface area contributed by atoms with Crippen molar-refractivity contribution in [2.24, 2.45) is 0 Å². The van der Waals surface area contributed by atoms with Crippen LogP contribution in [0.3, 0.4) is 0 Å². The molecule has 0 saturated carbocycles. The summed E-state index contributed by atoms with van der Waals surface area (Å²) in [7, 11) is 0. The van der Waals surface area contributed by atoms with Gasteiger partial charge in [-0.2, -0.15) is 0 Å². The molecule has 2 N–H and O–H groups in total. The van der Waals surface area contributed by atoms with Crippen LogP contribution in [0, 0.1) is 0 Å². The van der Waals surface area contributed by atoms with E-state index in [1.54, 1.807) is 0 Å². The number of nitrogen functional groups attached to an aromatic ring is 1. The van der Waals surface area contributed by atoms with E-state index in [-0.39, 0.29) is 0 Å². The highest BCUT2D eigenvalue weighted by molar-refractivity contribution is 5.48. The SMILES string of the molecule is Nc1ccc2c(c1)OCCOC2. The van der Waals surface area contributed by atoms with E-state index in [9.17, 15) is 0 Å². The second-order valence-electron chi connectivity index (χ2n) is 2.77. The number of fused-ring (bicyclic) bond motifs is 1. The summed E-state index contributed by atoms with van der Waals surface area (Å²) in [5.74, 6) is 0.854. The molecule has 1 aliphatic rings. The fraction of sp³-hybridized carbons (Fsp3) is 0.333. The van der Waals surface area contributed by atoms with Crippen LogP contribution in [0.5, 0.6) is 5.75 Å². The molecule has 0 fully saturated rings. The first-order valence-corrected chi connectivity index (χ1v) is 3.95. The Labute approximate surface area is 71.1 Å². The molecule has 1 aliphatic heterocycles. The molecule has 0 spiro atoms. The fourth-order valence-corrected chi connectivity index (χ4v) is 1.22. The maximum Gasteiger partial charge on any atom is 0.126 e. The third-order valence-electron chi connectivity index (χ3n) is 1.83. The van der Waals surface area contributed by atoms with E-state index in [1.807, 2.05) is 18.2 Å². The van der Waals surface area contributed by atoms with Gasteiger partial charge in [0, 0.05) is 17.3 Å². The summed E-state index contributed by atoms with van der Waals surface area (Å²) in [6, 6.07) is 5.64. The lowest BCUT2D eigenvalue weighted by Crippen LogP contribution is -2.01. The molecule has 3 nitrogen and oxygen atoms in total. The van der Waals surface area contributed by atoms with Crippen LogP contribution < -0.4 is 10.5 Å². The van der Waals surface area contributed by atoms with E-state index in [4.69, 9.17) is 15.2 Å². The Morgan fingerprint density at radius 3 is 3.08 bits per heavy atom. The molecular formula is C9H11NO2. The first-order valence-electron chi connectivity index (χ1n) is 3.95. The highest BCUT2D eigenvalue weighted by Gasteiger charge is 2.08. The van der Waals surface area contributed by atoms with Gasteiger partial charge < -0.3 is 15.2 Å². The number of nitrogens with two attached hydrogens (primary N) is 1. The average molecular weight is 165 g/mol. The van der Waals surface area contributed by atoms with Crippen molar-refractivity contribution in [2.45, 2.75) is 6.61 Å². The van der Waals surface area contributed by atoms with Crippen LogP contribution >= 0.6 is 0 Å². The largest absolute Gasteiger partial charge is 0.491 e. The van der Waals surface area contributed by atoms with E-state index in [0.29, 0.717) is 19.8 Å². The second-order valence-corrected chi connectivity index (χ2v) is 2.77. The standard InChI is InChI=1S/C9H11NO2/c10-8-2-1-7-6-11-3-4-12-9(7)5-8/h1-2,5H,3-4,6,10H2. The van der Waals surface area contributed by atoms with Crippen LogP contribution in [0.15, 0.2) is 18.2 Å². The summed E-state index contributed by atoms with van der Waals surface area (Å²) in [4.78, 5) is 0. The topological polar surface area (TPSA) is 44.5 Å². The highest BCUT2D eigenvalue weighted by atomic mass is 16.5. The number of rotatable bonds is 0. The van der Waals surface area contributed by atoms with Crippen LogP contribution in [0.2, 0.25) is 0 Å². The molecule has 0 aromatic heterocycles. The molecule has 64 valence electrons. The predicted molar refractivity (Wildman–Crippen MR) is 46.0 cm³/mol. The van der Waals surface area contributed by atoms with Gasteiger partial charge in [0.2, 0.25) is 0 Å². The van der Waals surface area contributed by atoms with Gasteiger partial charge in [-0.1, -0.05) is 6.07 Å². The molecule has 12 heavy (non-hydrogen) atoms. The van der Waals surface area contributed by atoms with Gasteiger partial charge in [0.25, 0.3) is 0 Å². The number of hydrogen-bond donors (Lipinski definition) is 1. The summed E-state index contributed by atoms with van der Waals surface area (Å²) in [5, 5.41) is 0. The number of hydrogen-bond acceptors (Lipinski definition) is 3. The van der Waals surface area contributed by atoms with Gasteiger partial charge in [-0.05, 0) is 6.07 Å². The molecule has 2 rings (SSSR count). The maximum absolute atomic E-state index is 5.61. The van der Waals surface area contributed by atoms with Crippen LogP contribution in [0.4, 0.5) is 5.69 Å². The zero-order valence-electron chi connectivity index (χ0n) is 6.75. The smallest absolute Gasteiger partial charge is 0.126 e.